The second kappa shape index (κ2) is 6.36. The van der Waals surface area contributed by atoms with Gasteiger partial charge in [-0.1, -0.05) is 31.2 Å². The maximum Gasteiger partial charge on any atom is 0.274 e. The largest absolute Gasteiger partial charge is 0.333 e. The highest BCUT2D eigenvalue weighted by Gasteiger charge is 2.29. The third-order valence-electron chi connectivity index (χ3n) is 4.41. The number of carbonyl (C=O) groups excluding carboxylic acids is 1. The van der Waals surface area contributed by atoms with Crippen LogP contribution in [0.3, 0.4) is 0 Å². The van der Waals surface area contributed by atoms with Crippen molar-refractivity contribution in [2.45, 2.75) is 38.8 Å². The lowest BCUT2D eigenvalue weighted by molar-refractivity contribution is 0.0721. The van der Waals surface area contributed by atoms with Crippen molar-refractivity contribution in [2.75, 3.05) is 7.05 Å². The number of rotatable bonds is 4. The van der Waals surface area contributed by atoms with E-state index in [1.165, 1.54) is 27.9 Å². The van der Waals surface area contributed by atoms with E-state index >= 15 is 0 Å². The summed E-state index contributed by atoms with van der Waals surface area (Å²) in [5, 5.41) is 4.22. The zero-order chi connectivity index (χ0) is 16.4. The molecule has 0 bridgehead atoms. The Bertz CT molecular complexity index is 782. The van der Waals surface area contributed by atoms with E-state index < -0.39 is 0 Å². The molecule has 1 aliphatic carbocycles. The highest BCUT2D eigenvalue weighted by molar-refractivity contribution is 5.92. The van der Waals surface area contributed by atoms with Crippen molar-refractivity contribution < 1.29 is 4.79 Å². The van der Waals surface area contributed by atoms with Crippen LogP contribution < -0.4 is 5.56 Å². The molecule has 0 N–H and O–H groups in total. The van der Waals surface area contributed by atoms with Gasteiger partial charge >= 0.3 is 0 Å². The molecule has 1 aromatic carbocycles. The van der Waals surface area contributed by atoms with E-state index in [0.29, 0.717) is 12.2 Å². The number of fused-ring (bicyclic) bond motifs is 1. The molecule has 120 valence electrons. The fourth-order valence-electron chi connectivity index (χ4n) is 3.19. The second-order valence-electron chi connectivity index (χ2n) is 5.95. The Labute approximate surface area is 135 Å². The molecule has 0 spiro atoms. The van der Waals surface area contributed by atoms with Crippen LogP contribution in [0.2, 0.25) is 0 Å². The van der Waals surface area contributed by atoms with Crippen LogP contribution in [-0.4, -0.2) is 27.6 Å². The summed E-state index contributed by atoms with van der Waals surface area (Å²) < 4.78 is 1.36. The molecule has 1 heterocycles. The zero-order valence-electron chi connectivity index (χ0n) is 13.5. The smallest absolute Gasteiger partial charge is 0.274 e. The molecule has 1 aromatic heterocycles. The van der Waals surface area contributed by atoms with Crippen LogP contribution in [0.1, 0.15) is 47.4 Å². The van der Waals surface area contributed by atoms with Crippen LogP contribution >= 0.6 is 0 Å². The molecule has 0 radical (unpaired) electrons. The Morgan fingerprint density at radius 2 is 2.09 bits per heavy atom. The average molecular weight is 311 g/mol. The third-order valence-corrected chi connectivity index (χ3v) is 4.41. The van der Waals surface area contributed by atoms with E-state index in [4.69, 9.17) is 0 Å². The number of nitrogens with zero attached hydrogens (tertiary/aromatic N) is 3. The summed E-state index contributed by atoms with van der Waals surface area (Å²) in [6.45, 7) is 2.50. The monoisotopic (exact) mass is 311 g/mol. The van der Waals surface area contributed by atoms with Gasteiger partial charge in [0.15, 0.2) is 0 Å². The van der Waals surface area contributed by atoms with Crippen molar-refractivity contribution in [3.05, 3.63) is 63.6 Å². The van der Waals surface area contributed by atoms with E-state index in [0.717, 1.165) is 19.3 Å². The minimum Gasteiger partial charge on any atom is -0.333 e. The predicted molar refractivity (Wildman–Crippen MR) is 88.4 cm³/mol. The average Bonchev–Trinajstić information content (AvgIpc) is 3.00. The van der Waals surface area contributed by atoms with E-state index in [1.807, 2.05) is 26.1 Å². The van der Waals surface area contributed by atoms with Gasteiger partial charge in [-0.15, -0.1) is 0 Å². The van der Waals surface area contributed by atoms with Crippen molar-refractivity contribution >= 4 is 5.91 Å². The van der Waals surface area contributed by atoms with Gasteiger partial charge in [0, 0.05) is 19.7 Å². The first-order valence-electron chi connectivity index (χ1n) is 8.05. The van der Waals surface area contributed by atoms with Crippen molar-refractivity contribution in [3.63, 3.8) is 0 Å². The second-order valence-corrected chi connectivity index (χ2v) is 5.95. The van der Waals surface area contributed by atoms with Gasteiger partial charge in [-0.2, -0.15) is 5.10 Å². The molecule has 1 unspecified atom stereocenters. The number of hydrogen-bond donors (Lipinski definition) is 0. The fraction of sp³-hybridized carbons (Fsp3) is 0.389. The summed E-state index contributed by atoms with van der Waals surface area (Å²) in [5.74, 6) is -0.142. The molecule has 0 saturated heterocycles. The predicted octanol–water partition coefficient (Wildman–Crippen LogP) is 2.41. The van der Waals surface area contributed by atoms with Crippen LogP contribution in [0.5, 0.6) is 0 Å². The molecular formula is C18H21N3O2. The third kappa shape index (κ3) is 2.91. The van der Waals surface area contributed by atoms with Gasteiger partial charge in [0.05, 0.1) is 6.04 Å². The van der Waals surface area contributed by atoms with Crippen LogP contribution in [0.25, 0.3) is 0 Å². The summed E-state index contributed by atoms with van der Waals surface area (Å²) in [5.41, 5.74) is 2.67. The standard InChI is InChI=1S/C18H21N3O2/c1-3-12-21-17(22)11-9-15(19-21)18(23)20(2)16-10-8-13-6-4-5-7-14(13)16/h4-7,9,11,16H,3,8,10,12H2,1-2H3. The molecular weight excluding hydrogens is 290 g/mol. The molecule has 5 heteroatoms. The number of hydrogen-bond acceptors (Lipinski definition) is 3. The Morgan fingerprint density at radius 1 is 1.30 bits per heavy atom. The minimum absolute atomic E-state index is 0.0760. The maximum atomic E-state index is 12.8. The highest BCUT2D eigenvalue weighted by Crippen LogP contribution is 2.35. The molecule has 23 heavy (non-hydrogen) atoms. The van der Waals surface area contributed by atoms with Gasteiger partial charge in [0.1, 0.15) is 5.69 Å². The lowest BCUT2D eigenvalue weighted by Crippen LogP contribution is -2.33. The SMILES string of the molecule is CCCn1nc(C(=O)N(C)C2CCc3ccccc32)ccc1=O. The van der Waals surface area contributed by atoms with Crippen LogP contribution in [0.15, 0.2) is 41.2 Å². The molecule has 0 saturated carbocycles. The van der Waals surface area contributed by atoms with E-state index in [9.17, 15) is 9.59 Å². The van der Waals surface area contributed by atoms with Crippen molar-refractivity contribution in [2.24, 2.45) is 0 Å². The summed E-state index contributed by atoms with van der Waals surface area (Å²) in [4.78, 5) is 26.3. The lowest BCUT2D eigenvalue weighted by atomic mass is 10.1. The van der Waals surface area contributed by atoms with Crippen molar-refractivity contribution in [1.29, 1.82) is 0 Å². The molecule has 0 aliphatic heterocycles. The normalized spacial score (nSPS) is 16.2. The number of aryl methyl sites for hydroxylation is 2. The summed E-state index contributed by atoms with van der Waals surface area (Å²) >= 11 is 0. The van der Waals surface area contributed by atoms with Gasteiger partial charge in [-0.25, -0.2) is 4.68 Å². The Morgan fingerprint density at radius 3 is 2.87 bits per heavy atom. The number of aromatic nitrogens is 2. The number of amides is 1. The number of carbonyl (C=O) groups is 1. The first-order chi connectivity index (χ1) is 11.1. The van der Waals surface area contributed by atoms with Gasteiger partial charge in [0.25, 0.3) is 11.5 Å². The quantitative estimate of drug-likeness (QED) is 0.871. The van der Waals surface area contributed by atoms with Crippen molar-refractivity contribution in [1.82, 2.24) is 14.7 Å². The zero-order valence-corrected chi connectivity index (χ0v) is 13.5. The van der Waals surface area contributed by atoms with Gasteiger partial charge in [-0.05, 0) is 36.5 Å². The Balaban J connectivity index is 1.86. The molecule has 1 atom stereocenters. The van der Waals surface area contributed by atoms with Crippen LogP contribution in [0, 0.1) is 0 Å². The van der Waals surface area contributed by atoms with Gasteiger partial charge in [-0.3, -0.25) is 9.59 Å². The first-order valence-corrected chi connectivity index (χ1v) is 8.05. The molecule has 1 aliphatic rings. The molecule has 3 rings (SSSR count). The van der Waals surface area contributed by atoms with Crippen LogP contribution in [0.4, 0.5) is 0 Å². The first kappa shape index (κ1) is 15.5. The van der Waals surface area contributed by atoms with E-state index in [2.05, 4.69) is 17.2 Å². The van der Waals surface area contributed by atoms with Gasteiger partial charge < -0.3 is 4.90 Å². The van der Waals surface area contributed by atoms with E-state index in [1.54, 1.807) is 4.90 Å². The fourth-order valence-corrected chi connectivity index (χ4v) is 3.19. The Kier molecular flexibility index (Phi) is 4.28. The number of benzene rings is 1. The summed E-state index contributed by atoms with van der Waals surface area (Å²) in [7, 11) is 1.81. The summed E-state index contributed by atoms with van der Waals surface area (Å²) in [6, 6.07) is 11.3. The molecule has 5 nitrogen and oxygen atoms in total. The van der Waals surface area contributed by atoms with Crippen LogP contribution in [-0.2, 0) is 13.0 Å². The van der Waals surface area contributed by atoms with Gasteiger partial charge in [0.2, 0.25) is 0 Å². The van der Waals surface area contributed by atoms with E-state index in [-0.39, 0.29) is 17.5 Å². The molecule has 1 amide bonds. The summed E-state index contributed by atoms with van der Waals surface area (Å²) in [6.07, 6.45) is 2.72. The lowest BCUT2D eigenvalue weighted by Gasteiger charge is -2.25. The maximum absolute atomic E-state index is 12.8. The highest BCUT2D eigenvalue weighted by atomic mass is 16.2. The minimum atomic E-state index is -0.169. The Hall–Kier alpha value is -2.43. The molecule has 2 aromatic rings. The topological polar surface area (TPSA) is 55.2 Å². The van der Waals surface area contributed by atoms with Crippen molar-refractivity contribution in [3.8, 4) is 0 Å². The molecule has 0 fully saturated rings.